The van der Waals surface area contributed by atoms with Crippen LogP contribution in [0.5, 0.6) is 5.75 Å². The molecule has 0 unspecified atom stereocenters. The first-order chi connectivity index (χ1) is 9.58. The van der Waals surface area contributed by atoms with Crippen molar-refractivity contribution < 1.29 is 13.5 Å². The number of ether oxygens (including phenoxy) is 1. The second kappa shape index (κ2) is 7.32. The van der Waals surface area contributed by atoms with Crippen LogP contribution in [0.3, 0.4) is 0 Å². The molecule has 0 aliphatic rings. The highest BCUT2D eigenvalue weighted by molar-refractivity contribution is 5.30. The van der Waals surface area contributed by atoms with Crippen LogP contribution in [-0.2, 0) is 0 Å². The van der Waals surface area contributed by atoms with Crippen molar-refractivity contribution in [2.24, 2.45) is 0 Å². The molecule has 7 heteroatoms. The van der Waals surface area contributed by atoms with E-state index in [9.17, 15) is 13.6 Å². The lowest BCUT2D eigenvalue weighted by Gasteiger charge is -2.07. The standard InChI is InChI=1S/C11H9F2N3O2.C2H6/c1-7-2-3-8(6-14-7)16-10(17)9(4-5-15-16)18-11(12)13;1-2/h2-6,11H,1H3;1-2H3. The average molecular weight is 283 g/mol. The van der Waals surface area contributed by atoms with Crippen LogP contribution in [0.1, 0.15) is 19.5 Å². The highest BCUT2D eigenvalue weighted by atomic mass is 19.3. The fraction of sp³-hybridized carbons (Fsp3) is 0.308. The van der Waals surface area contributed by atoms with Gasteiger partial charge in [-0.1, -0.05) is 13.8 Å². The molecule has 2 heterocycles. The molecule has 0 aliphatic carbocycles. The van der Waals surface area contributed by atoms with Crippen molar-refractivity contribution in [2.75, 3.05) is 0 Å². The summed E-state index contributed by atoms with van der Waals surface area (Å²) in [7, 11) is 0. The summed E-state index contributed by atoms with van der Waals surface area (Å²) in [6, 6.07) is 4.39. The van der Waals surface area contributed by atoms with Gasteiger partial charge in [-0.25, -0.2) is 0 Å². The van der Waals surface area contributed by atoms with Gasteiger partial charge in [-0.3, -0.25) is 9.78 Å². The van der Waals surface area contributed by atoms with E-state index in [1.807, 2.05) is 13.8 Å². The SMILES string of the molecule is CC.Cc1ccc(-n2nccc(OC(F)F)c2=O)cn1. The third-order valence-electron chi connectivity index (χ3n) is 2.17. The Balaban J connectivity index is 0.000000956. The molecule has 2 rings (SSSR count). The third-order valence-corrected chi connectivity index (χ3v) is 2.17. The number of aryl methyl sites for hydroxylation is 1. The smallest absolute Gasteiger partial charge is 0.387 e. The molecule has 0 radical (unpaired) electrons. The van der Waals surface area contributed by atoms with E-state index in [2.05, 4.69) is 14.8 Å². The van der Waals surface area contributed by atoms with Crippen LogP contribution in [0.25, 0.3) is 5.69 Å². The normalized spacial score (nSPS) is 9.90. The van der Waals surface area contributed by atoms with Crippen LogP contribution >= 0.6 is 0 Å². The number of nitrogens with zero attached hydrogens (tertiary/aromatic N) is 3. The molecule has 0 aliphatic heterocycles. The number of aromatic nitrogens is 3. The van der Waals surface area contributed by atoms with Gasteiger partial charge in [0.1, 0.15) is 0 Å². The second-order valence-electron chi connectivity index (χ2n) is 3.45. The zero-order chi connectivity index (χ0) is 15.1. The minimum Gasteiger partial charge on any atom is -0.429 e. The second-order valence-corrected chi connectivity index (χ2v) is 3.45. The molecule has 0 atom stereocenters. The molecular formula is C13H15F2N3O2. The molecular weight excluding hydrogens is 268 g/mol. The molecule has 0 saturated heterocycles. The first-order valence-electron chi connectivity index (χ1n) is 6.04. The Labute approximate surface area is 114 Å². The largest absolute Gasteiger partial charge is 0.429 e. The third kappa shape index (κ3) is 3.84. The van der Waals surface area contributed by atoms with Crippen LogP contribution < -0.4 is 10.3 Å². The molecule has 5 nitrogen and oxygen atoms in total. The van der Waals surface area contributed by atoms with Crippen molar-refractivity contribution in [3.63, 3.8) is 0 Å². The Hall–Kier alpha value is -2.31. The lowest BCUT2D eigenvalue weighted by Crippen LogP contribution is -2.23. The van der Waals surface area contributed by atoms with Crippen molar-refractivity contribution in [1.29, 1.82) is 0 Å². The van der Waals surface area contributed by atoms with Crippen molar-refractivity contribution in [2.45, 2.75) is 27.4 Å². The van der Waals surface area contributed by atoms with Gasteiger partial charge in [0.05, 0.1) is 18.1 Å². The molecule has 108 valence electrons. The number of hydrogen-bond donors (Lipinski definition) is 0. The Morgan fingerprint density at radius 1 is 1.25 bits per heavy atom. The van der Waals surface area contributed by atoms with E-state index >= 15 is 0 Å². The Morgan fingerprint density at radius 2 is 1.95 bits per heavy atom. The van der Waals surface area contributed by atoms with E-state index in [0.29, 0.717) is 5.69 Å². The summed E-state index contributed by atoms with van der Waals surface area (Å²) in [6.07, 6.45) is 2.63. The van der Waals surface area contributed by atoms with Crippen LogP contribution in [-0.4, -0.2) is 21.4 Å². The summed E-state index contributed by atoms with van der Waals surface area (Å²) in [4.78, 5) is 15.8. The van der Waals surface area contributed by atoms with Crippen LogP contribution in [0, 0.1) is 6.92 Å². The number of hydrogen-bond acceptors (Lipinski definition) is 4. The highest BCUT2D eigenvalue weighted by Gasteiger charge is 2.11. The minimum atomic E-state index is -3.05. The van der Waals surface area contributed by atoms with Crippen molar-refractivity contribution in [1.82, 2.24) is 14.8 Å². The molecule has 2 aromatic heterocycles. The molecule has 0 spiro atoms. The van der Waals surface area contributed by atoms with Gasteiger partial charge >= 0.3 is 12.2 Å². The first-order valence-corrected chi connectivity index (χ1v) is 6.04. The lowest BCUT2D eigenvalue weighted by molar-refractivity contribution is -0.0511. The predicted molar refractivity (Wildman–Crippen MR) is 70.3 cm³/mol. The maximum absolute atomic E-state index is 12.1. The molecule has 2 aromatic rings. The number of rotatable bonds is 3. The van der Waals surface area contributed by atoms with E-state index < -0.39 is 17.9 Å². The summed E-state index contributed by atoms with van der Waals surface area (Å²) in [5.41, 5.74) is 0.389. The molecule has 0 bridgehead atoms. The summed E-state index contributed by atoms with van der Waals surface area (Å²) in [6.45, 7) is 2.74. The zero-order valence-electron chi connectivity index (χ0n) is 11.4. The van der Waals surface area contributed by atoms with E-state index in [-0.39, 0.29) is 0 Å². The predicted octanol–water partition coefficient (Wildman–Crippen LogP) is 2.56. The van der Waals surface area contributed by atoms with Gasteiger partial charge in [0.2, 0.25) is 0 Å². The molecule has 0 fully saturated rings. The Kier molecular flexibility index (Phi) is 5.76. The summed E-state index contributed by atoms with van der Waals surface area (Å²) in [5, 5.41) is 3.79. The van der Waals surface area contributed by atoms with Gasteiger partial charge in [-0.05, 0) is 19.1 Å². The Morgan fingerprint density at radius 3 is 2.50 bits per heavy atom. The van der Waals surface area contributed by atoms with E-state index in [4.69, 9.17) is 0 Å². The quantitative estimate of drug-likeness (QED) is 0.868. The minimum absolute atomic E-state index is 0.380. The van der Waals surface area contributed by atoms with Gasteiger partial charge in [-0.2, -0.15) is 18.6 Å². The van der Waals surface area contributed by atoms with E-state index in [1.54, 1.807) is 19.1 Å². The topological polar surface area (TPSA) is 57.0 Å². The molecule has 0 saturated carbocycles. The van der Waals surface area contributed by atoms with Crippen LogP contribution in [0.15, 0.2) is 35.4 Å². The fourth-order valence-corrected chi connectivity index (χ4v) is 1.35. The van der Waals surface area contributed by atoms with Gasteiger partial charge < -0.3 is 4.74 Å². The number of halogens is 2. The van der Waals surface area contributed by atoms with Crippen LogP contribution in [0.4, 0.5) is 8.78 Å². The number of pyridine rings is 1. The monoisotopic (exact) mass is 283 g/mol. The number of alkyl halides is 2. The van der Waals surface area contributed by atoms with Crippen molar-refractivity contribution in [3.8, 4) is 11.4 Å². The average Bonchev–Trinajstić information content (AvgIpc) is 2.44. The van der Waals surface area contributed by atoms with Gasteiger partial charge in [-0.15, -0.1) is 0 Å². The van der Waals surface area contributed by atoms with Gasteiger partial charge in [0, 0.05) is 11.8 Å². The highest BCUT2D eigenvalue weighted by Crippen LogP contribution is 2.08. The van der Waals surface area contributed by atoms with Crippen molar-refractivity contribution >= 4 is 0 Å². The first kappa shape index (κ1) is 15.7. The molecule has 20 heavy (non-hydrogen) atoms. The van der Waals surface area contributed by atoms with Gasteiger partial charge in [0.25, 0.3) is 0 Å². The Bertz CT molecular complexity index is 597. The summed E-state index contributed by atoms with van der Waals surface area (Å²) < 4.78 is 29.2. The summed E-state index contributed by atoms with van der Waals surface area (Å²) >= 11 is 0. The zero-order valence-corrected chi connectivity index (χ0v) is 11.4. The van der Waals surface area contributed by atoms with Crippen molar-refractivity contribution in [3.05, 3.63) is 46.6 Å². The maximum Gasteiger partial charge on any atom is 0.387 e. The van der Waals surface area contributed by atoms with Gasteiger partial charge in [0.15, 0.2) is 5.75 Å². The molecule has 0 amide bonds. The van der Waals surface area contributed by atoms with E-state index in [1.165, 1.54) is 12.4 Å². The van der Waals surface area contributed by atoms with Crippen LogP contribution in [0.2, 0.25) is 0 Å². The fourth-order valence-electron chi connectivity index (χ4n) is 1.35. The lowest BCUT2D eigenvalue weighted by atomic mass is 10.3. The van der Waals surface area contributed by atoms with E-state index in [0.717, 1.165) is 16.4 Å². The molecule has 0 N–H and O–H groups in total. The summed E-state index contributed by atoms with van der Waals surface area (Å²) in [5.74, 6) is -0.458. The maximum atomic E-state index is 12.1. The molecule has 0 aromatic carbocycles.